The third kappa shape index (κ3) is 4.42. The van der Waals surface area contributed by atoms with Crippen molar-refractivity contribution < 1.29 is 17.9 Å². The Balaban J connectivity index is 2.13. The molecule has 5 nitrogen and oxygen atoms in total. The summed E-state index contributed by atoms with van der Waals surface area (Å²) in [6.45, 7) is 2.32. The summed E-state index contributed by atoms with van der Waals surface area (Å²) in [6.07, 6.45) is 2.12. The third-order valence-corrected chi connectivity index (χ3v) is 5.36. The number of benzene rings is 1. The van der Waals surface area contributed by atoms with Crippen molar-refractivity contribution in [3.63, 3.8) is 0 Å². The first-order chi connectivity index (χ1) is 9.77. The third-order valence-electron chi connectivity index (χ3n) is 3.24. The molecule has 8 heteroatoms. The number of anilines is 1. The van der Waals surface area contributed by atoms with Crippen LogP contribution in [0.5, 0.6) is 0 Å². The second-order valence-electron chi connectivity index (χ2n) is 4.92. The lowest BCUT2D eigenvalue weighted by Crippen LogP contribution is -2.19. The predicted molar refractivity (Wildman–Crippen MR) is 84.1 cm³/mol. The number of amides is 1. The smallest absolute Gasteiger partial charge is 0.261 e. The zero-order valence-corrected chi connectivity index (χ0v) is 14.5. The summed E-state index contributed by atoms with van der Waals surface area (Å²) in [5, 5.41) is 2.75. The van der Waals surface area contributed by atoms with Gasteiger partial charge < -0.3 is 10.1 Å². The van der Waals surface area contributed by atoms with Crippen molar-refractivity contribution in [3.8, 4) is 0 Å². The molecule has 116 valence electrons. The molecule has 1 unspecified atom stereocenters. The Hall–Kier alpha value is -0.630. The van der Waals surface area contributed by atoms with Crippen molar-refractivity contribution in [3.05, 3.63) is 22.2 Å². The van der Waals surface area contributed by atoms with Gasteiger partial charge in [0.05, 0.1) is 23.1 Å². The topological polar surface area (TPSA) is 72.5 Å². The first-order valence-corrected chi connectivity index (χ1v) is 9.54. The lowest BCUT2D eigenvalue weighted by molar-refractivity contribution is -0.118. The molecule has 1 aromatic rings. The van der Waals surface area contributed by atoms with Crippen molar-refractivity contribution in [2.45, 2.75) is 37.2 Å². The maximum absolute atomic E-state index is 12.0. The Kier molecular flexibility index (Phi) is 5.29. The van der Waals surface area contributed by atoms with Gasteiger partial charge in [-0.05, 0) is 53.4 Å². The second kappa shape index (κ2) is 6.64. The van der Waals surface area contributed by atoms with Crippen LogP contribution in [0.4, 0.5) is 5.69 Å². The molecular weight excluding hydrogens is 382 g/mol. The molecule has 1 N–H and O–H groups in total. The van der Waals surface area contributed by atoms with Gasteiger partial charge in [0.2, 0.25) is 5.91 Å². The number of nitrogens with one attached hydrogen (secondary N) is 1. The average molecular weight is 397 g/mol. The molecule has 1 amide bonds. The largest absolute Gasteiger partial charge is 0.378 e. The highest BCUT2D eigenvalue weighted by Gasteiger charge is 2.21. The number of halogens is 2. The summed E-state index contributed by atoms with van der Waals surface area (Å²) in [5.74, 6) is -0.163. The maximum atomic E-state index is 12.0. The highest BCUT2D eigenvalue weighted by molar-refractivity contribution is 9.10. The molecule has 1 fully saturated rings. The fourth-order valence-corrected chi connectivity index (χ4v) is 4.03. The van der Waals surface area contributed by atoms with Gasteiger partial charge in [-0.15, -0.1) is 0 Å². The summed E-state index contributed by atoms with van der Waals surface area (Å²) in [7, 11) is 1.54. The first kappa shape index (κ1) is 16.7. The van der Waals surface area contributed by atoms with Crippen LogP contribution in [0, 0.1) is 6.92 Å². The van der Waals surface area contributed by atoms with Crippen LogP contribution in [0.3, 0.4) is 0 Å². The van der Waals surface area contributed by atoms with Gasteiger partial charge in [0.15, 0.2) is 0 Å². The van der Waals surface area contributed by atoms with Crippen molar-refractivity contribution in [2.75, 3.05) is 11.9 Å². The first-order valence-electron chi connectivity index (χ1n) is 6.43. The quantitative estimate of drug-likeness (QED) is 0.793. The SMILES string of the molecule is Cc1cc(NC(=O)CC2CCCO2)c(Br)cc1S(=O)(=O)Cl. The molecule has 21 heavy (non-hydrogen) atoms. The summed E-state index contributed by atoms with van der Waals surface area (Å²) >= 11 is 3.25. The summed E-state index contributed by atoms with van der Waals surface area (Å²) in [6, 6.07) is 2.96. The van der Waals surface area contributed by atoms with E-state index in [0.29, 0.717) is 28.8 Å². The minimum Gasteiger partial charge on any atom is -0.378 e. The van der Waals surface area contributed by atoms with E-state index < -0.39 is 9.05 Å². The zero-order valence-electron chi connectivity index (χ0n) is 11.4. The molecule has 0 spiro atoms. The van der Waals surface area contributed by atoms with Crippen LogP contribution < -0.4 is 5.32 Å². The minimum absolute atomic E-state index is 0.0215. The molecular formula is C13H15BrClNO4S. The normalized spacial score (nSPS) is 18.7. The van der Waals surface area contributed by atoms with E-state index in [-0.39, 0.29) is 16.9 Å². The van der Waals surface area contributed by atoms with Gasteiger partial charge in [0.1, 0.15) is 0 Å². The molecule has 1 heterocycles. The van der Waals surface area contributed by atoms with E-state index in [1.165, 1.54) is 6.07 Å². The van der Waals surface area contributed by atoms with Crippen LogP contribution in [0.25, 0.3) is 0 Å². The second-order valence-corrected chi connectivity index (χ2v) is 8.31. The van der Waals surface area contributed by atoms with E-state index in [9.17, 15) is 13.2 Å². The Morgan fingerprint density at radius 2 is 2.24 bits per heavy atom. The number of carbonyl (C=O) groups is 1. The Bertz CT molecular complexity index is 656. The fourth-order valence-electron chi connectivity index (χ4n) is 2.24. The van der Waals surface area contributed by atoms with Crippen LogP contribution in [0.1, 0.15) is 24.8 Å². The van der Waals surface area contributed by atoms with E-state index >= 15 is 0 Å². The lowest BCUT2D eigenvalue weighted by atomic mass is 10.1. The molecule has 1 atom stereocenters. The zero-order chi connectivity index (χ0) is 15.6. The van der Waals surface area contributed by atoms with Gasteiger partial charge in [-0.25, -0.2) is 8.42 Å². The minimum atomic E-state index is -3.81. The van der Waals surface area contributed by atoms with Crippen molar-refractivity contribution in [2.24, 2.45) is 0 Å². The van der Waals surface area contributed by atoms with Crippen LogP contribution in [0.2, 0.25) is 0 Å². The van der Waals surface area contributed by atoms with Crippen molar-refractivity contribution in [1.29, 1.82) is 0 Å². The highest BCUT2D eigenvalue weighted by Crippen LogP contribution is 2.31. The molecule has 1 aliphatic heterocycles. The Morgan fingerprint density at radius 3 is 2.81 bits per heavy atom. The van der Waals surface area contributed by atoms with Crippen molar-refractivity contribution in [1.82, 2.24) is 0 Å². The molecule has 1 aliphatic rings. The molecule has 2 rings (SSSR count). The predicted octanol–water partition coefficient (Wildman–Crippen LogP) is 3.19. The summed E-state index contributed by atoms with van der Waals surface area (Å²) < 4.78 is 28.7. The molecule has 0 aliphatic carbocycles. The highest BCUT2D eigenvalue weighted by atomic mass is 79.9. The maximum Gasteiger partial charge on any atom is 0.261 e. The van der Waals surface area contributed by atoms with Gasteiger partial charge in [0.25, 0.3) is 9.05 Å². The van der Waals surface area contributed by atoms with E-state index in [1.807, 2.05) is 0 Å². The Morgan fingerprint density at radius 1 is 1.52 bits per heavy atom. The van der Waals surface area contributed by atoms with Crippen molar-refractivity contribution >= 4 is 47.3 Å². The Labute approximate surface area is 136 Å². The molecule has 0 bridgehead atoms. The van der Waals surface area contributed by atoms with Gasteiger partial charge >= 0.3 is 0 Å². The fraction of sp³-hybridized carbons (Fsp3) is 0.462. The van der Waals surface area contributed by atoms with Gasteiger partial charge in [-0.3, -0.25) is 4.79 Å². The summed E-state index contributed by atoms with van der Waals surface area (Å²) in [5.41, 5.74) is 0.986. The van der Waals surface area contributed by atoms with Crippen LogP contribution >= 0.6 is 26.6 Å². The number of hydrogen-bond donors (Lipinski definition) is 1. The number of hydrogen-bond acceptors (Lipinski definition) is 4. The van der Waals surface area contributed by atoms with E-state index in [0.717, 1.165) is 12.8 Å². The lowest BCUT2D eigenvalue weighted by Gasteiger charge is -2.13. The molecule has 0 radical (unpaired) electrons. The number of ether oxygens (including phenoxy) is 1. The van der Waals surface area contributed by atoms with E-state index in [1.54, 1.807) is 13.0 Å². The monoisotopic (exact) mass is 395 g/mol. The van der Waals surface area contributed by atoms with Crippen LogP contribution in [-0.4, -0.2) is 27.0 Å². The average Bonchev–Trinajstić information content (AvgIpc) is 2.84. The number of carbonyl (C=O) groups excluding carboxylic acids is 1. The standard InChI is InChI=1S/C13H15BrClNO4S/c1-8-5-11(10(14)7-12(8)21(15,18)19)16-13(17)6-9-3-2-4-20-9/h5,7,9H,2-4,6H2,1H3,(H,16,17). The van der Waals surface area contributed by atoms with E-state index in [4.69, 9.17) is 15.4 Å². The van der Waals surface area contributed by atoms with E-state index in [2.05, 4.69) is 21.2 Å². The van der Waals surface area contributed by atoms with Gasteiger partial charge in [-0.2, -0.15) is 0 Å². The molecule has 1 saturated heterocycles. The van der Waals surface area contributed by atoms with Gasteiger partial charge in [0, 0.05) is 21.8 Å². The number of aryl methyl sites for hydroxylation is 1. The van der Waals surface area contributed by atoms with Crippen LogP contribution in [0.15, 0.2) is 21.5 Å². The molecule has 0 aromatic heterocycles. The summed E-state index contributed by atoms with van der Waals surface area (Å²) in [4.78, 5) is 12.0. The van der Waals surface area contributed by atoms with Crippen LogP contribution in [-0.2, 0) is 18.6 Å². The molecule has 1 aromatic carbocycles. The number of rotatable bonds is 4. The molecule has 0 saturated carbocycles. The van der Waals surface area contributed by atoms with Gasteiger partial charge in [-0.1, -0.05) is 0 Å².